The summed E-state index contributed by atoms with van der Waals surface area (Å²) in [6.07, 6.45) is 1.96. The standard InChI is InChI=1S/C17H21N3O3S/c1-21-14-5-3-13(4-6-14)12-23-16-11-15(18-17(19-16)24-2)20-7-9-22-10-8-20/h3-6,11H,7-10,12H2,1-2H3. The van der Waals surface area contributed by atoms with Gasteiger partial charge in [0.25, 0.3) is 0 Å². The van der Waals surface area contributed by atoms with Crippen LogP contribution in [0.2, 0.25) is 0 Å². The van der Waals surface area contributed by atoms with E-state index in [2.05, 4.69) is 14.9 Å². The number of anilines is 1. The van der Waals surface area contributed by atoms with Crippen LogP contribution in [0.15, 0.2) is 35.5 Å². The average molecular weight is 347 g/mol. The Bertz CT molecular complexity index is 661. The quantitative estimate of drug-likeness (QED) is 0.588. The molecule has 0 spiro atoms. The van der Waals surface area contributed by atoms with Crippen LogP contribution in [-0.2, 0) is 11.3 Å². The summed E-state index contributed by atoms with van der Waals surface area (Å²) in [6.45, 7) is 3.57. The molecule has 0 saturated carbocycles. The van der Waals surface area contributed by atoms with Crippen LogP contribution >= 0.6 is 11.8 Å². The lowest BCUT2D eigenvalue weighted by molar-refractivity contribution is 0.122. The Hall–Kier alpha value is -1.99. The number of methoxy groups -OCH3 is 1. The molecule has 1 aromatic carbocycles. The van der Waals surface area contributed by atoms with Crippen LogP contribution in [0.1, 0.15) is 5.56 Å². The normalized spacial score (nSPS) is 14.5. The molecule has 128 valence electrons. The van der Waals surface area contributed by atoms with Gasteiger partial charge in [-0.05, 0) is 24.0 Å². The molecule has 1 aliphatic rings. The van der Waals surface area contributed by atoms with E-state index in [1.54, 1.807) is 7.11 Å². The summed E-state index contributed by atoms with van der Waals surface area (Å²) in [7, 11) is 1.66. The van der Waals surface area contributed by atoms with Gasteiger partial charge in [0.05, 0.1) is 20.3 Å². The Morgan fingerprint density at radius 3 is 2.58 bits per heavy atom. The summed E-state index contributed by atoms with van der Waals surface area (Å²) in [5.41, 5.74) is 1.06. The van der Waals surface area contributed by atoms with Crippen molar-refractivity contribution < 1.29 is 14.2 Å². The molecule has 0 aliphatic carbocycles. The second-order valence-corrected chi connectivity index (χ2v) is 6.06. The van der Waals surface area contributed by atoms with Crippen LogP contribution < -0.4 is 14.4 Å². The topological polar surface area (TPSA) is 56.7 Å². The molecule has 0 amide bonds. The molecule has 3 rings (SSSR count). The molecule has 0 atom stereocenters. The number of ether oxygens (including phenoxy) is 3. The predicted molar refractivity (Wildman–Crippen MR) is 94.2 cm³/mol. The third-order valence-corrected chi connectivity index (χ3v) is 4.28. The molecular formula is C17H21N3O3S. The van der Waals surface area contributed by atoms with Gasteiger partial charge in [-0.2, -0.15) is 4.98 Å². The Morgan fingerprint density at radius 1 is 1.17 bits per heavy atom. The van der Waals surface area contributed by atoms with E-state index in [-0.39, 0.29) is 0 Å². The van der Waals surface area contributed by atoms with E-state index in [1.807, 2.05) is 36.6 Å². The summed E-state index contributed by atoms with van der Waals surface area (Å²) in [5, 5.41) is 0.712. The summed E-state index contributed by atoms with van der Waals surface area (Å²) < 4.78 is 16.4. The van der Waals surface area contributed by atoms with E-state index in [0.717, 1.165) is 43.4 Å². The summed E-state index contributed by atoms with van der Waals surface area (Å²) in [4.78, 5) is 11.2. The Labute approximate surface area is 146 Å². The maximum Gasteiger partial charge on any atom is 0.219 e. The van der Waals surface area contributed by atoms with Crippen molar-refractivity contribution in [1.29, 1.82) is 0 Å². The van der Waals surface area contributed by atoms with Gasteiger partial charge in [0.1, 0.15) is 18.2 Å². The lowest BCUT2D eigenvalue weighted by Crippen LogP contribution is -2.36. The van der Waals surface area contributed by atoms with Crippen LogP contribution in [-0.4, -0.2) is 49.6 Å². The molecule has 1 aliphatic heterocycles. The van der Waals surface area contributed by atoms with Gasteiger partial charge in [-0.1, -0.05) is 23.9 Å². The van der Waals surface area contributed by atoms with Gasteiger partial charge in [-0.15, -0.1) is 0 Å². The van der Waals surface area contributed by atoms with Crippen molar-refractivity contribution >= 4 is 17.6 Å². The zero-order valence-corrected chi connectivity index (χ0v) is 14.7. The molecule has 6 nitrogen and oxygen atoms in total. The van der Waals surface area contributed by atoms with Gasteiger partial charge < -0.3 is 19.1 Å². The first-order valence-corrected chi connectivity index (χ1v) is 9.02. The van der Waals surface area contributed by atoms with Crippen LogP contribution in [0.5, 0.6) is 11.6 Å². The van der Waals surface area contributed by atoms with Gasteiger partial charge >= 0.3 is 0 Å². The molecule has 1 saturated heterocycles. The fourth-order valence-corrected chi connectivity index (χ4v) is 2.76. The van der Waals surface area contributed by atoms with Gasteiger partial charge in [0.15, 0.2) is 5.16 Å². The van der Waals surface area contributed by atoms with Crippen molar-refractivity contribution in [2.75, 3.05) is 44.6 Å². The fourth-order valence-electron chi connectivity index (χ4n) is 2.39. The Balaban J connectivity index is 1.71. The number of rotatable bonds is 6. The molecule has 1 aromatic heterocycles. The van der Waals surface area contributed by atoms with Crippen molar-refractivity contribution in [3.8, 4) is 11.6 Å². The maximum absolute atomic E-state index is 5.88. The fraction of sp³-hybridized carbons (Fsp3) is 0.412. The van der Waals surface area contributed by atoms with E-state index in [4.69, 9.17) is 14.2 Å². The summed E-state index contributed by atoms with van der Waals surface area (Å²) in [5.74, 6) is 2.31. The van der Waals surface area contributed by atoms with Crippen LogP contribution in [0.3, 0.4) is 0 Å². The minimum Gasteiger partial charge on any atom is -0.497 e. The Morgan fingerprint density at radius 2 is 1.92 bits per heavy atom. The molecule has 0 radical (unpaired) electrons. The van der Waals surface area contributed by atoms with Gasteiger partial charge in [0, 0.05) is 19.2 Å². The molecule has 24 heavy (non-hydrogen) atoms. The highest BCUT2D eigenvalue weighted by molar-refractivity contribution is 7.98. The zero-order valence-electron chi connectivity index (χ0n) is 13.9. The molecule has 0 N–H and O–H groups in total. The first kappa shape index (κ1) is 16.9. The van der Waals surface area contributed by atoms with E-state index >= 15 is 0 Å². The number of morpholine rings is 1. The van der Waals surface area contributed by atoms with Crippen molar-refractivity contribution in [1.82, 2.24) is 9.97 Å². The van der Waals surface area contributed by atoms with E-state index in [1.165, 1.54) is 11.8 Å². The highest BCUT2D eigenvalue weighted by Gasteiger charge is 2.15. The smallest absolute Gasteiger partial charge is 0.219 e. The number of thioether (sulfide) groups is 1. The summed E-state index contributed by atoms with van der Waals surface area (Å²) in [6, 6.07) is 9.71. The predicted octanol–water partition coefficient (Wildman–Crippen LogP) is 2.62. The highest BCUT2D eigenvalue weighted by atomic mass is 32.2. The van der Waals surface area contributed by atoms with Crippen molar-refractivity contribution in [2.45, 2.75) is 11.8 Å². The maximum atomic E-state index is 5.88. The monoisotopic (exact) mass is 347 g/mol. The van der Waals surface area contributed by atoms with Crippen LogP contribution in [0.25, 0.3) is 0 Å². The number of hydrogen-bond donors (Lipinski definition) is 0. The first-order valence-electron chi connectivity index (χ1n) is 7.80. The molecular weight excluding hydrogens is 326 g/mol. The minimum atomic E-state index is 0.456. The Kier molecular flexibility index (Phi) is 5.77. The molecule has 0 bridgehead atoms. The van der Waals surface area contributed by atoms with Gasteiger partial charge in [0.2, 0.25) is 5.88 Å². The average Bonchev–Trinajstić information content (AvgIpc) is 2.67. The zero-order chi connectivity index (χ0) is 16.8. The lowest BCUT2D eigenvalue weighted by Gasteiger charge is -2.28. The van der Waals surface area contributed by atoms with Crippen molar-refractivity contribution in [2.24, 2.45) is 0 Å². The third-order valence-electron chi connectivity index (χ3n) is 3.73. The molecule has 0 unspecified atom stereocenters. The third kappa shape index (κ3) is 4.30. The van der Waals surface area contributed by atoms with E-state index < -0.39 is 0 Å². The van der Waals surface area contributed by atoms with Crippen LogP contribution in [0, 0.1) is 0 Å². The molecule has 2 aromatic rings. The van der Waals surface area contributed by atoms with Gasteiger partial charge in [-0.25, -0.2) is 4.98 Å². The largest absolute Gasteiger partial charge is 0.497 e. The number of aromatic nitrogens is 2. The van der Waals surface area contributed by atoms with E-state index in [0.29, 0.717) is 17.6 Å². The first-order chi connectivity index (χ1) is 11.8. The minimum absolute atomic E-state index is 0.456. The van der Waals surface area contributed by atoms with Crippen molar-refractivity contribution in [3.63, 3.8) is 0 Å². The number of benzene rings is 1. The van der Waals surface area contributed by atoms with E-state index in [9.17, 15) is 0 Å². The van der Waals surface area contributed by atoms with Crippen LogP contribution in [0.4, 0.5) is 5.82 Å². The highest BCUT2D eigenvalue weighted by Crippen LogP contribution is 2.23. The SMILES string of the molecule is COc1ccc(COc2cc(N3CCOCC3)nc(SC)n2)cc1. The second-order valence-electron chi connectivity index (χ2n) is 5.29. The van der Waals surface area contributed by atoms with Crippen molar-refractivity contribution in [3.05, 3.63) is 35.9 Å². The number of nitrogens with zero attached hydrogens (tertiary/aromatic N) is 3. The molecule has 1 fully saturated rings. The molecule has 7 heteroatoms. The lowest BCUT2D eigenvalue weighted by atomic mass is 10.2. The number of hydrogen-bond acceptors (Lipinski definition) is 7. The summed E-state index contributed by atoms with van der Waals surface area (Å²) >= 11 is 1.51. The van der Waals surface area contributed by atoms with Gasteiger partial charge in [-0.3, -0.25) is 0 Å². The second kappa shape index (κ2) is 8.21. The molecule has 2 heterocycles.